The van der Waals surface area contributed by atoms with Crippen molar-refractivity contribution < 1.29 is 24.3 Å². The van der Waals surface area contributed by atoms with Crippen LogP contribution in [0.5, 0.6) is 0 Å². The summed E-state index contributed by atoms with van der Waals surface area (Å²) in [6, 6.07) is 9.85. The predicted molar refractivity (Wildman–Crippen MR) is 129 cm³/mol. The number of imide groups is 1. The second kappa shape index (κ2) is 9.40. The Morgan fingerprint density at radius 1 is 1.00 bits per heavy atom. The second-order valence-corrected chi connectivity index (χ2v) is 8.98. The summed E-state index contributed by atoms with van der Waals surface area (Å²) in [5, 5.41) is 24.4. The van der Waals surface area contributed by atoms with Gasteiger partial charge < -0.3 is 4.57 Å². The summed E-state index contributed by atoms with van der Waals surface area (Å²) < 4.78 is 1.75. The molecule has 186 valence electrons. The zero-order valence-corrected chi connectivity index (χ0v) is 19.9. The summed E-state index contributed by atoms with van der Waals surface area (Å²) in [5.41, 5.74) is 1.01. The highest BCUT2D eigenvalue weighted by Crippen LogP contribution is 2.39. The first-order valence-electron chi connectivity index (χ1n) is 10.8. The Kier molecular flexibility index (Phi) is 6.11. The molecule has 0 spiro atoms. The van der Waals surface area contributed by atoms with Crippen molar-refractivity contribution in [2.24, 2.45) is 7.05 Å². The third kappa shape index (κ3) is 4.28. The summed E-state index contributed by atoms with van der Waals surface area (Å²) in [4.78, 5) is 60.6. The molecule has 13 nitrogen and oxygen atoms in total. The van der Waals surface area contributed by atoms with E-state index in [4.69, 9.17) is 4.84 Å². The van der Waals surface area contributed by atoms with Crippen molar-refractivity contribution in [3.05, 3.63) is 91.9 Å². The number of non-ortho nitro benzene ring substituents is 1. The van der Waals surface area contributed by atoms with E-state index in [1.54, 1.807) is 42.1 Å². The Morgan fingerprint density at radius 3 is 2.35 bits per heavy atom. The highest BCUT2D eigenvalue weighted by Gasteiger charge is 2.36. The van der Waals surface area contributed by atoms with Crippen LogP contribution in [0.25, 0.3) is 11.0 Å². The van der Waals surface area contributed by atoms with Crippen molar-refractivity contribution in [1.82, 2.24) is 19.6 Å². The molecule has 0 aliphatic carbocycles. The van der Waals surface area contributed by atoms with Gasteiger partial charge in [0.1, 0.15) is 17.0 Å². The maximum atomic E-state index is 12.5. The van der Waals surface area contributed by atoms with Crippen LogP contribution in [0.4, 0.5) is 11.4 Å². The van der Waals surface area contributed by atoms with Crippen molar-refractivity contribution in [1.29, 1.82) is 0 Å². The van der Waals surface area contributed by atoms with Crippen LogP contribution < -0.4 is 0 Å². The number of hydrogen-bond acceptors (Lipinski definition) is 10. The fourth-order valence-corrected chi connectivity index (χ4v) is 5.03. The molecule has 0 saturated carbocycles. The van der Waals surface area contributed by atoms with E-state index in [0.29, 0.717) is 16.1 Å². The molecule has 37 heavy (non-hydrogen) atoms. The quantitative estimate of drug-likeness (QED) is 0.145. The standard InChI is InChI=1S/C23H16N6O7S/c1-26-11-13(8-9-36-27-22(30)15-4-2-3-5-16(15)23(27)31)19-20(26)24-12-25-21(19)37-18-7-6-14(28(32)33)10-17(18)29(34)35/h2-7,10-12H,8-9H2,1H3. The van der Waals surface area contributed by atoms with Crippen LogP contribution in [0, 0.1) is 20.2 Å². The molecule has 4 aromatic rings. The summed E-state index contributed by atoms with van der Waals surface area (Å²) >= 11 is 0.983. The molecule has 0 N–H and O–H groups in total. The molecule has 0 fully saturated rings. The number of carbonyl (C=O) groups is 2. The first-order valence-corrected chi connectivity index (χ1v) is 11.6. The van der Waals surface area contributed by atoms with Crippen LogP contribution in [0.3, 0.4) is 0 Å². The minimum absolute atomic E-state index is 0.0126. The number of aryl methyl sites for hydroxylation is 1. The number of hydrogen-bond donors (Lipinski definition) is 0. The lowest BCUT2D eigenvalue weighted by Crippen LogP contribution is -2.30. The predicted octanol–water partition coefficient (Wildman–Crippen LogP) is 3.71. The van der Waals surface area contributed by atoms with Crippen LogP contribution in [-0.2, 0) is 18.3 Å². The molecule has 0 bridgehead atoms. The van der Waals surface area contributed by atoms with Gasteiger partial charge in [0.2, 0.25) is 0 Å². The molecule has 0 radical (unpaired) electrons. The van der Waals surface area contributed by atoms with Crippen molar-refractivity contribution in [2.45, 2.75) is 16.3 Å². The smallest absolute Gasteiger partial charge is 0.290 e. The van der Waals surface area contributed by atoms with E-state index in [2.05, 4.69) is 9.97 Å². The van der Waals surface area contributed by atoms with Crippen LogP contribution >= 0.6 is 11.8 Å². The van der Waals surface area contributed by atoms with Crippen molar-refractivity contribution in [3.63, 3.8) is 0 Å². The van der Waals surface area contributed by atoms with Crippen molar-refractivity contribution in [3.8, 4) is 0 Å². The van der Waals surface area contributed by atoms with Gasteiger partial charge in [0, 0.05) is 25.7 Å². The zero-order valence-electron chi connectivity index (χ0n) is 19.1. The van der Waals surface area contributed by atoms with Gasteiger partial charge in [-0.25, -0.2) is 9.97 Å². The maximum Gasteiger partial charge on any atom is 0.290 e. The highest BCUT2D eigenvalue weighted by molar-refractivity contribution is 7.99. The fourth-order valence-electron chi connectivity index (χ4n) is 4.02. The molecule has 2 aromatic carbocycles. The summed E-state index contributed by atoms with van der Waals surface area (Å²) in [6.45, 7) is -0.0126. The van der Waals surface area contributed by atoms with Gasteiger partial charge in [-0.3, -0.25) is 34.7 Å². The van der Waals surface area contributed by atoms with Crippen LogP contribution in [-0.4, -0.2) is 47.9 Å². The number of hydroxylamine groups is 2. The number of nitro groups is 2. The average molecular weight is 520 g/mol. The third-order valence-electron chi connectivity index (χ3n) is 5.70. The van der Waals surface area contributed by atoms with E-state index in [1.807, 2.05) is 0 Å². The Morgan fingerprint density at radius 2 is 1.70 bits per heavy atom. The molecule has 1 aliphatic heterocycles. The van der Waals surface area contributed by atoms with Gasteiger partial charge in [0.15, 0.2) is 0 Å². The highest BCUT2D eigenvalue weighted by atomic mass is 32.2. The number of benzene rings is 2. The van der Waals surface area contributed by atoms with Gasteiger partial charge in [-0.05, 0) is 23.8 Å². The number of nitro benzene ring substituents is 2. The third-order valence-corrected chi connectivity index (χ3v) is 6.77. The minimum atomic E-state index is -0.700. The molecule has 2 aromatic heterocycles. The fraction of sp³-hybridized carbons (Fsp3) is 0.130. The van der Waals surface area contributed by atoms with Gasteiger partial charge in [-0.2, -0.15) is 0 Å². The molecule has 0 atom stereocenters. The summed E-state index contributed by atoms with van der Waals surface area (Å²) in [5.74, 6) is -1.08. The number of aromatic nitrogens is 3. The van der Waals surface area contributed by atoms with Crippen LogP contribution in [0.2, 0.25) is 0 Å². The number of rotatable bonds is 8. The molecule has 3 heterocycles. The Balaban J connectivity index is 1.41. The van der Waals surface area contributed by atoms with E-state index < -0.39 is 33.0 Å². The lowest BCUT2D eigenvalue weighted by Gasteiger charge is -2.13. The van der Waals surface area contributed by atoms with Gasteiger partial charge in [0.25, 0.3) is 23.2 Å². The van der Waals surface area contributed by atoms with Crippen molar-refractivity contribution in [2.75, 3.05) is 6.61 Å². The van der Waals surface area contributed by atoms with E-state index in [0.717, 1.165) is 28.5 Å². The SMILES string of the molecule is Cn1cc(CCON2C(=O)c3ccccc3C2=O)c2c(Sc3ccc([N+](=O)[O-])cc3[N+](=O)[O-])ncnc21. The first-order chi connectivity index (χ1) is 17.8. The minimum Gasteiger partial charge on any atom is -0.335 e. The second-order valence-electron chi connectivity index (χ2n) is 7.94. The number of nitrogens with zero attached hydrogens (tertiary/aromatic N) is 6. The van der Waals surface area contributed by atoms with E-state index in [1.165, 1.54) is 18.5 Å². The van der Waals surface area contributed by atoms with Gasteiger partial charge in [-0.15, -0.1) is 5.06 Å². The molecule has 14 heteroatoms. The van der Waals surface area contributed by atoms with E-state index >= 15 is 0 Å². The molecule has 0 unspecified atom stereocenters. The van der Waals surface area contributed by atoms with Crippen LogP contribution in [0.1, 0.15) is 26.3 Å². The maximum absolute atomic E-state index is 12.5. The Hall–Kier alpha value is -4.69. The van der Waals surface area contributed by atoms with Gasteiger partial charge in [-0.1, -0.05) is 23.9 Å². The number of amides is 2. The van der Waals surface area contributed by atoms with E-state index in [9.17, 15) is 29.8 Å². The number of carbonyl (C=O) groups excluding carboxylic acids is 2. The average Bonchev–Trinajstić information content (AvgIpc) is 3.33. The normalized spacial score (nSPS) is 12.8. The lowest BCUT2D eigenvalue weighted by atomic mass is 10.1. The molecule has 2 amide bonds. The first kappa shape index (κ1) is 24.0. The number of fused-ring (bicyclic) bond motifs is 2. The molecular formula is C23H16N6O7S. The lowest BCUT2D eigenvalue weighted by molar-refractivity contribution is -0.396. The summed E-state index contributed by atoms with van der Waals surface area (Å²) in [6.07, 6.45) is 3.38. The van der Waals surface area contributed by atoms with Crippen LogP contribution in [0.15, 0.2) is 64.9 Å². The largest absolute Gasteiger partial charge is 0.335 e. The molecule has 0 saturated heterocycles. The Labute approximate surface area is 211 Å². The van der Waals surface area contributed by atoms with Gasteiger partial charge in [0.05, 0.1) is 43.9 Å². The van der Waals surface area contributed by atoms with E-state index in [-0.39, 0.29) is 29.1 Å². The monoisotopic (exact) mass is 520 g/mol. The molecular weight excluding hydrogens is 504 g/mol. The topological polar surface area (TPSA) is 164 Å². The molecule has 1 aliphatic rings. The molecule has 5 rings (SSSR count). The zero-order chi connectivity index (χ0) is 26.3. The Bertz CT molecular complexity index is 1580. The van der Waals surface area contributed by atoms with Gasteiger partial charge >= 0.3 is 0 Å². The summed E-state index contributed by atoms with van der Waals surface area (Å²) in [7, 11) is 1.77. The van der Waals surface area contributed by atoms with Crippen molar-refractivity contribution >= 4 is 46.0 Å².